The lowest BCUT2D eigenvalue weighted by molar-refractivity contribution is -0.140. The van der Waals surface area contributed by atoms with Crippen LogP contribution in [0.3, 0.4) is 0 Å². The molecular formula is C24H18F4N6O2. The maximum Gasteiger partial charge on any atom is 0.434 e. The number of aryl methyl sites for hydroxylation is 1. The molecule has 0 spiro atoms. The standard InChI is InChI=1S/C24H18F4N6O2/c1-34-10-17(24(26,27)28)31-22(34)14-8-6-13(7-9-14)11-36-23-19-21(30-12-29-19)32-20(33-23)18-15(25)4-3-5-16(18)35-2/h3-10,12H,11H2,1-2H3,(H,29,30,32,33). The molecular weight excluding hydrogens is 480 g/mol. The normalized spacial score (nSPS) is 11.7. The van der Waals surface area contributed by atoms with Crippen LogP contribution in [0.25, 0.3) is 33.9 Å². The minimum atomic E-state index is -4.52. The fourth-order valence-corrected chi connectivity index (χ4v) is 3.69. The van der Waals surface area contributed by atoms with Crippen LogP contribution in [-0.2, 0) is 19.8 Å². The lowest BCUT2D eigenvalue weighted by atomic mass is 10.1. The molecule has 0 unspecified atom stereocenters. The molecule has 0 radical (unpaired) electrons. The van der Waals surface area contributed by atoms with Gasteiger partial charge in [0.2, 0.25) is 5.88 Å². The molecule has 1 N–H and O–H groups in total. The minimum Gasteiger partial charge on any atom is -0.496 e. The number of imidazole rings is 2. The number of methoxy groups -OCH3 is 1. The number of fused-ring (bicyclic) bond motifs is 1. The number of nitrogens with one attached hydrogen (secondary N) is 1. The van der Waals surface area contributed by atoms with Crippen molar-refractivity contribution in [2.24, 2.45) is 7.05 Å². The van der Waals surface area contributed by atoms with E-state index in [0.717, 1.165) is 11.8 Å². The predicted octanol–water partition coefficient (Wildman–Crippen LogP) is 5.17. The summed E-state index contributed by atoms with van der Waals surface area (Å²) in [7, 11) is 2.92. The largest absolute Gasteiger partial charge is 0.496 e. The van der Waals surface area contributed by atoms with Crippen LogP contribution in [0.4, 0.5) is 17.6 Å². The summed E-state index contributed by atoms with van der Waals surface area (Å²) in [6, 6.07) is 11.1. The van der Waals surface area contributed by atoms with E-state index in [9.17, 15) is 17.6 Å². The molecule has 0 saturated heterocycles. The summed E-state index contributed by atoms with van der Waals surface area (Å²) in [5.41, 5.74) is 1.07. The molecule has 0 aliphatic heterocycles. The van der Waals surface area contributed by atoms with Crippen LogP contribution in [0.2, 0.25) is 0 Å². The zero-order chi connectivity index (χ0) is 25.4. The third kappa shape index (κ3) is 4.32. The Morgan fingerprint density at radius 3 is 2.50 bits per heavy atom. The van der Waals surface area contributed by atoms with Crippen LogP contribution in [0.15, 0.2) is 55.0 Å². The number of hydrogen-bond donors (Lipinski definition) is 1. The van der Waals surface area contributed by atoms with Crippen molar-refractivity contribution in [1.29, 1.82) is 0 Å². The van der Waals surface area contributed by atoms with Crippen LogP contribution >= 0.6 is 0 Å². The third-order valence-electron chi connectivity index (χ3n) is 5.43. The first-order chi connectivity index (χ1) is 17.2. The fourth-order valence-electron chi connectivity index (χ4n) is 3.69. The first kappa shape index (κ1) is 23.3. The molecule has 0 saturated carbocycles. The molecule has 0 fully saturated rings. The Kier molecular flexibility index (Phi) is 5.78. The Hall–Kier alpha value is -4.48. The highest BCUT2D eigenvalue weighted by Gasteiger charge is 2.34. The van der Waals surface area contributed by atoms with E-state index in [1.54, 1.807) is 30.3 Å². The number of halogens is 4. The van der Waals surface area contributed by atoms with Gasteiger partial charge in [0, 0.05) is 18.8 Å². The minimum absolute atomic E-state index is 0.0464. The second kappa shape index (κ2) is 8.95. The van der Waals surface area contributed by atoms with Crippen LogP contribution in [0.5, 0.6) is 11.6 Å². The van der Waals surface area contributed by atoms with E-state index in [1.165, 1.54) is 37.2 Å². The zero-order valence-electron chi connectivity index (χ0n) is 19.0. The molecule has 36 heavy (non-hydrogen) atoms. The summed E-state index contributed by atoms with van der Waals surface area (Å²) >= 11 is 0. The van der Waals surface area contributed by atoms with Crippen molar-refractivity contribution in [3.63, 3.8) is 0 Å². The van der Waals surface area contributed by atoms with Gasteiger partial charge in [0.05, 0.1) is 19.0 Å². The Labute approximate surface area is 201 Å². The van der Waals surface area contributed by atoms with Crippen molar-refractivity contribution in [2.75, 3.05) is 7.11 Å². The van der Waals surface area contributed by atoms with Crippen LogP contribution < -0.4 is 9.47 Å². The summed E-state index contributed by atoms with van der Waals surface area (Å²) in [5.74, 6) is 0.0855. The van der Waals surface area contributed by atoms with Crippen LogP contribution in [0.1, 0.15) is 11.3 Å². The van der Waals surface area contributed by atoms with Gasteiger partial charge in [-0.1, -0.05) is 30.3 Å². The van der Waals surface area contributed by atoms with Crippen molar-refractivity contribution in [3.8, 4) is 34.4 Å². The SMILES string of the molecule is COc1cccc(F)c1-c1nc(OCc2ccc(-c3nc(C(F)(F)F)cn3C)cc2)c2[nH]cnc2n1. The average molecular weight is 498 g/mol. The van der Waals surface area contributed by atoms with Crippen LogP contribution in [-0.4, -0.2) is 36.6 Å². The second-order valence-electron chi connectivity index (χ2n) is 7.81. The number of alkyl halides is 3. The van der Waals surface area contributed by atoms with Crippen molar-refractivity contribution < 1.29 is 27.0 Å². The third-order valence-corrected chi connectivity index (χ3v) is 5.43. The quantitative estimate of drug-likeness (QED) is 0.325. The first-order valence-corrected chi connectivity index (χ1v) is 10.6. The smallest absolute Gasteiger partial charge is 0.434 e. The number of benzene rings is 2. The highest BCUT2D eigenvalue weighted by molar-refractivity contribution is 5.79. The van der Waals surface area contributed by atoms with Crippen molar-refractivity contribution >= 4 is 11.2 Å². The Morgan fingerprint density at radius 1 is 1.03 bits per heavy atom. The lowest BCUT2D eigenvalue weighted by Crippen LogP contribution is -2.04. The Balaban J connectivity index is 1.41. The Morgan fingerprint density at radius 2 is 1.81 bits per heavy atom. The molecule has 12 heteroatoms. The molecule has 5 aromatic rings. The maximum absolute atomic E-state index is 14.6. The summed E-state index contributed by atoms with van der Waals surface area (Å²) in [4.78, 5) is 19.5. The van der Waals surface area contributed by atoms with E-state index in [-0.39, 0.29) is 41.1 Å². The molecule has 0 atom stereocenters. The zero-order valence-corrected chi connectivity index (χ0v) is 19.0. The molecule has 3 aromatic heterocycles. The molecule has 3 heterocycles. The molecule has 0 bridgehead atoms. The summed E-state index contributed by atoms with van der Waals surface area (Å²) in [5, 5.41) is 0. The summed E-state index contributed by atoms with van der Waals surface area (Å²) < 4.78 is 66.0. The van der Waals surface area contributed by atoms with E-state index in [2.05, 4.69) is 24.9 Å². The van der Waals surface area contributed by atoms with E-state index in [1.807, 2.05) is 0 Å². The van der Waals surface area contributed by atoms with Gasteiger partial charge >= 0.3 is 6.18 Å². The molecule has 184 valence electrons. The predicted molar refractivity (Wildman–Crippen MR) is 122 cm³/mol. The van der Waals surface area contributed by atoms with E-state index in [0.29, 0.717) is 11.1 Å². The monoisotopic (exact) mass is 498 g/mol. The van der Waals surface area contributed by atoms with Gasteiger partial charge in [-0.25, -0.2) is 19.3 Å². The number of rotatable bonds is 6. The van der Waals surface area contributed by atoms with E-state index < -0.39 is 17.7 Å². The number of nitrogens with zero attached hydrogens (tertiary/aromatic N) is 5. The molecule has 2 aromatic carbocycles. The van der Waals surface area contributed by atoms with Crippen molar-refractivity contribution in [2.45, 2.75) is 12.8 Å². The number of aromatic amines is 1. The van der Waals surface area contributed by atoms with Gasteiger partial charge < -0.3 is 19.0 Å². The first-order valence-electron chi connectivity index (χ1n) is 10.6. The Bertz CT molecular complexity index is 1540. The summed E-state index contributed by atoms with van der Waals surface area (Å²) in [6.07, 6.45) is -2.16. The van der Waals surface area contributed by atoms with Gasteiger partial charge in [-0.05, 0) is 17.7 Å². The highest BCUT2D eigenvalue weighted by atomic mass is 19.4. The van der Waals surface area contributed by atoms with Gasteiger partial charge in [0.25, 0.3) is 0 Å². The van der Waals surface area contributed by atoms with Crippen molar-refractivity contribution in [3.05, 3.63) is 72.1 Å². The number of ether oxygens (including phenoxy) is 2. The van der Waals surface area contributed by atoms with E-state index >= 15 is 0 Å². The average Bonchev–Trinajstić information content (AvgIpc) is 3.49. The van der Waals surface area contributed by atoms with Gasteiger partial charge in [-0.2, -0.15) is 18.2 Å². The maximum atomic E-state index is 14.6. The topological polar surface area (TPSA) is 90.7 Å². The molecule has 0 aliphatic rings. The number of H-pyrrole nitrogens is 1. The number of hydrogen-bond acceptors (Lipinski definition) is 6. The van der Waals surface area contributed by atoms with Gasteiger partial charge in [0.1, 0.15) is 29.5 Å². The molecule has 0 aliphatic carbocycles. The second-order valence-corrected chi connectivity index (χ2v) is 7.81. The van der Waals surface area contributed by atoms with Crippen molar-refractivity contribution in [1.82, 2.24) is 29.5 Å². The van der Waals surface area contributed by atoms with E-state index in [4.69, 9.17) is 9.47 Å². The van der Waals surface area contributed by atoms with Gasteiger partial charge in [-0.15, -0.1) is 0 Å². The summed E-state index contributed by atoms with van der Waals surface area (Å²) in [6.45, 7) is 0.0770. The number of aromatic nitrogens is 6. The van der Waals surface area contributed by atoms with Gasteiger partial charge in [0.15, 0.2) is 17.2 Å². The molecule has 8 nitrogen and oxygen atoms in total. The highest BCUT2D eigenvalue weighted by Crippen LogP contribution is 2.33. The van der Waals surface area contributed by atoms with Crippen LogP contribution in [0, 0.1) is 5.82 Å². The van der Waals surface area contributed by atoms with Gasteiger partial charge in [-0.3, -0.25) is 0 Å². The lowest BCUT2D eigenvalue weighted by Gasteiger charge is -2.11. The molecule has 0 amide bonds. The molecule has 5 rings (SSSR count). The fraction of sp³-hybridized carbons (Fsp3) is 0.167.